The molecule has 2 aliphatic rings. The SMILES string of the molecule is CCC1(C(=O)O)CCN(C(=O)NCC2(OC)CCC2)C1. The number of nitrogens with one attached hydrogen (secondary N) is 1. The lowest BCUT2D eigenvalue weighted by molar-refractivity contribution is -0.148. The fourth-order valence-corrected chi connectivity index (χ4v) is 3.03. The first-order valence-electron chi connectivity index (χ1n) is 7.28. The number of carboxylic acids is 1. The van der Waals surface area contributed by atoms with Crippen molar-refractivity contribution >= 4 is 12.0 Å². The summed E-state index contributed by atoms with van der Waals surface area (Å²) in [6.07, 6.45) is 4.15. The fourth-order valence-electron chi connectivity index (χ4n) is 3.03. The fraction of sp³-hybridized carbons (Fsp3) is 0.857. The summed E-state index contributed by atoms with van der Waals surface area (Å²) in [5, 5.41) is 12.2. The molecule has 2 rings (SSSR count). The van der Waals surface area contributed by atoms with E-state index in [4.69, 9.17) is 4.74 Å². The Hall–Kier alpha value is -1.30. The van der Waals surface area contributed by atoms with Gasteiger partial charge in [-0.1, -0.05) is 6.92 Å². The Morgan fingerprint density at radius 3 is 2.45 bits per heavy atom. The Balaban J connectivity index is 1.87. The van der Waals surface area contributed by atoms with Gasteiger partial charge < -0.3 is 20.1 Å². The zero-order chi connectivity index (χ0) is 14.8. The van der Waals surface area contributed by atoms with E-state index in [9.17, 15) is 14.7 Å². The third kappa shape index (κ3) is 2.61. The van der Waals surface area contributed by atoms with Crippen molar-refractivity contribution < 1.29 is 19.4 Å². The van der Waals surface area contributed by atoms with E-state index >= 15 is 0 Å². The Bertz CT molecular complexity index is 389. The summed E-state index contributed by atoms with van der Waals surface area (Å²) in [7, 11) is 1.67. The number of methoxy groups -OCH3 is 1. The number of carboxylic acid groups (broad SMARTS) is 1. The van der Waals surface area contributed by atoms with Crippen LogP contribution < -0.4 is 5.32 Å². The quantitative estimate of drug-likeness (QED) is 0.801. The number of likely N-dealkylation sites (tertiary alicyclic amines) is 1. The summed E-state index contributed by atoms with van der Waals surface area (Å²) in [6, 6.07) is -0.176. The van der Waals surface area contributed by atoms with Crippen LogP contribution in [0.25, 0.3) is 0 Å². The van der Waals surface area contributed by atoms with Gasteiger partial charge in [-0.15, -0.1) is 0 Å². The number of rotatable bonds is 5. The zero-order valence-corrected chi connectivity index (χ0v) is 12.3. The van der Waals surface area contributed by atoms with Crippen LogP contribution in [0.5, 0.6) is 0 Å². The standard InChI is InChI=1S/C14H24N2O4/c1-3-13(11(17)18)7-8-16(10-13)12(19)15-9-14(20-2)5-4-6-14/h3-10H2,1-2H3,(H,15,19)(H,17,18). The Morgan fingerprint density at radius 1 is 1.35 bits per heavy atom. The molecule has 1 atom stereocenters. The highest BCUT2D eigenvalue weighted by Gasteiger charge is 2.45. The minimum Gasteiger partial charge on any atom is -0.481 e. The van der Waals surface area contributed by atoms with Gasteiger partial charge in [0.25, 0.3) is 0 Å². The van der Waals surface area contributed by atoms with Gasteiger partial charge in [0.15, 0.2) is 0 Å². The number of ether oxygens (including phenoxy) is 1. The number of amides is 2. The molecule has 0 aromatic carbocycles. The molecule has 1 saturated heterocycles. The summed E-state index contributed by atoms with van der Waals surface area (Å²) in [4.78, 5) is 25.1. The highest BCUT2D eigenvalue weighted by Crippen LogP contribution is 2.35. The zero-order valence-electron chi connectivity index (χ0n) is 12.3. The molecule has 1 unspecified atom stereocenters. The van der Waals surface area contributed by atoms with Gasteiger partial charge in [-0.25, -0.2) is 4.79 Å². The summed E-state index contributed by atoms with van der Waals surface area (Å²) in [5.41, 5.74) is -0.975. The molecule has 1 aliphatic carbocycles. The molecule has 0 aromatic heterocycles. The van der Waals surface area contributed by atoms with Gasteiger partial charge in [-0.05, 0) is 32.1 Å². The van der Waals surface area contributed by atoms with Crippen molar-refractivity contribution in [1.29, 1.82) is 0 Å². The molecule has 0 radical (unpaired) electrons. The summed E-state index contributed by atoms with van der Waals surface area (Å²) in [6.45, 7) is 3.17. The molecular formula is C14H24N2O4. The van der Waals surface area contributed by atoms with Gasteiger partial charge in [0.1, 0.15) is 0 Å². The van der Waals surface area contributed by atoms with Gasteiger partial charge in [0.05, 0.1) is 11.0 Å². The Morgan fingerprint density at radius 2 is 2.05 bits per heavy atom. The number of hydrogen-bond donors (Lipinski definition) is 2. The van der Waals surface area contributed by atoms with Crippen LogP contribution in [-0.4, -0.2) is 54.4 Å². The average Bonchev–Trinajstić information content (AvgIpc) is 2.83. The van der Waals surface area contributed by atoms with Crippen molar-refractivity contribution in [2.45, 2.75) is 44.6 Å². The van der Waals surface area contributed by atoms with Crippen molar-refractivity contribution in [2.24, 2.45) is 5.41 Å². The maximum Gasteiger partial charge on any atom is 0.317 e. The van der Waals surface area contributed by atoms with E-state index in [1.807, 2.05) is 6.92 Å². The van der Waals surface area contributed by atoms with Gasteiger partial charge in [0.2, 0.25) is 0 Å². The summed E-state index contributed by atoms with van der Waals surface area (Å²) >= 11 is 0. The molecule has 20 heavy (non-hydrogen) atoms. The number of aliphatic carboxylic acids is 1. The van der Waals surface area contributed by atoms with Crippen molar-refractivity contribution in [3.05, 3.63) is 0 Å². The number of nitrogens with zero attached hydrogens (tertiary/aromatic N) is 1. The molecule has 0 aromatic rings. The third-order valence-electron chi connectivity index (χ3n) is 5.03. The van der Waals surface area contributed by atoms with E-state index in [-0.39, 0.29) is 11.6 Å². The van der Waals surface area contributed by atoms with Crippen LogP contribution in [0.4, 0.5) is 4.79 Å². The van der Waals surface area contributed by atoms with E-state index in [2.05, 4.69) is 5.32 Å². The monoisotopic (exact) mass is 284 g/mol. The van der Waals surface area contributed by atoms with Crippen molar-refractivity contribution in [2.75, 3.05) is 26.7 Å². The second kappa shape index (κ2) is 5.60. The van der Waals surface area contributed by atoms with E-state index in [0.29, 0.717) is 32.5 Å². The van der Waals surface area contributed by atoms with Crippen molar-refractivity contribution in [3.63, 3.8) is 0 Å². The highest BCUT2D eigenvalue weighted by atomic mass is 16.5. The lowest BCUT2D eigenvalue weighted by atomic mass is 9.80. The van der Waals surface area contributed by atoms with Crippen LogP contribution >= 0.6 is 0 Å². The summed E-state index contributed by atoms with van der Waals surface area (Å²) in [5.74, 6) is -0.803. The molecule has 6 nitrogen and oxygen atoms in total. The third-order valence-corrected chi connectivity index (χ3v) is 5.03. The molecule has 1 aliphatic heterocycles. The van der Waals surface area contributed by atoms with Crippen LogP contribution in [0.1, 0.15) is 39.0 Å². The minimum atomic E-state index is -0.803. The van der Waals surface area contributed by atoms with Crippen LogP contribution in [0.2, 0.25) is 0 Å². The number of hydrogen-bond acceptors (Lipinski definition) is 3. The topological polar surface area (TPSA) is 78.9 Å². The van der Waals surface area contributed by atoms with Gasteiger partial charge in [-0.3, -0.25) is 4.79 Å². The highest BCUT2D eigenvalue weighted by molar-refractivity contribution is 5.79. The molecule has 2 N–H and O–H groups in total. The molecular weight excluding hydrogens is 260 g/mol. The number of urea groups is 1. The first-order chi connectivity index (χ1) is 9.47. The van der Waals surface area contributed by atoms with Crippen LogP contribution in [0, 0.1) is 5.41 Å². The normalized spacial score (nSPS) is 28.0. The first-order valence-corrected chi connectivity index (χ1v) is 7.28. The van der Waals surface area contributed by atoms with E-state index in [0.717, 1.165) is 19.3 Å². The molecule has 2 amide bonds. The molecule has 114 valence electrons. The molecule has 0 spiro atoms. The van der Waals surface area contributed by atoms with Gasteiger partial charge in [-0.2, -0.15) is 0 Å². The smallest absolute Gasteiger partial charge is 0.317 e. The molecule has 1 saturated carbocycles. The van der Waals surface area contributed by atoms with Crippen LogP contribution in [0.3, 0.4) is 0 Å². The van der Waals surface area contributed by atoms with Gasteiger partial charge >= 0.3 is 12.0 Å². The van der Waals surface area contributed by atoms with Crippen molar-refractivity contribution in [3.8, 4) is 0 Å². The maximum atomic E-state index is 12.1. The second-order valence-electron chi connectivity index (χ2n) is 6.01. The predicted molar refractivity (Wildman–Crippen MR) is 73.5 cm³/mol. The number of carbonyl (C=O) groups is 2. The minimum absolute atomic E-state index is 0.176. The molecule has 6 heteroatoms. The Labute approximate surface area is 119 Å². The summed E-state index contributed by atoms with van der Waals surface area (Å²) < 4.78 is 5.46. The number of carbonyl (C=O) groups excluding carboxylic acids is 1. The largest absolute Gasteiger partial charge is 0.481 e. The predicted octanol–water partition coefficient (Wildman–Crippen LogP) is 1.45. The lowest BCUT2D eigenvalue weighted by Crippen LogP contribution is -2.52. The van der Waals surface area contributed by atoms with E-state index < -0.39 is 11.4 Å². The second-order valence-corrected chi connectivity index (χ2v) is 6.01. The molecule has 2 fully saturated rings. The van der Waals surface area contributed by atoms with E-state index in [1.54, 1.807) is 12.0 Å². The molecule has 0 bridgehead atoms. The first kappa shape index (κ1) is 15.1. The average molecular weight is 284 g/mol. The van der Waals surface area contributed by atoms with Crippen LogP contribution in [-0.2, 0) is 9.53 Å². The van der Waals surface area contributed by atoms with Gasteiger partial charge in [0, 0.05) is 26.7 Å². The molecule has 1 heterocycles. The van der Waals surface area contributed by atoms with E-state index in [1.165, 1.54) is 0 Å². The lowest BCUT2D eigenvalue weighted by Gasteiger charge is -2.40. The van der Waals surface area contributed by atoms with Crippen molar-refractivity contribution in [1.82, 2.24) is 10.2 Å². The van der Waals surface area contributed by atoms with Crippen LogP contribution in [0.15, 0.2) is 0 Å². The Kier molecular flexibility index (Phi) is 4.22. The maximum absolute atomic E-state index is 12.1.